The maximum absolute atomic E-state index is 13.7. The maximum Gasteiger partial charge on any atom is 0.254 e. The molecule has 2 N–H and O–H groups in total. The molecule has 32 heavy (non-hydrogen) atoms. The van der Waals surface area contributed by atoms with Gasteiger partial charge in [0.05, 0.1) is 23.7 Å². The number of hydrogen-bond donors (Lipinski definition) is 2. The number of carbonyl (C=O) groups is 2. The molecule has 0 radical (unpaired) electrons. The lowest BCUT2D eigenvalue weighted by Gasteiger charge is -2.42. The van der Waals surface area contributed by atoms with Crippen LogP contribution in [0.5, 0.6) is 0 Å². The van der Waals surface area contributed by atoms with Crippen molar-refractivity contribution in [3.05, 3.63) is 82.9 Å². The molecule has 0 aliphatic carbocycles. The molecule has 0 bridgehead atoms. The lowest BCUT2D eigenvalue weighted by molar-refractivity contribution is -0.119. The Balaban J connectivity index is 1.81. The molecular weight excluding hydrogens is 409 g/mol. The quantitative estimate of drug-likeness (QED) is 0.638. The largest absolute Gasteiger partial charge is 0.330 e. The van der Waals surface area contributed by atoms with E-state index in [4.69, 9.17) is 5.26 Å². The fourth-order valence-electron chi connectivity index (χ4n) is 4.17. The number of H-pyrrole nitrogens is 1. The van der Waals surface area contributed by atoms with Crippen LogP contribution >= 0.6 is 0 Å². The van der Waals surface area contributed by atoms with E-state index < -0.39 is 17.8 Å². The lowest BCUT2D eigenvalue weighted by atomic mass is 9.79. The molecule has 0 fully saturated rings. The van der Waals surface area contributed by atoms with E-state index in [-0.39, 0.29) is 23.3 Å². The van der Waals surface area contributed by atoms with Crippen molar-refractivity contribution in [3.8, 4) is 6.07 Å². The number of rotatable bonds is 5. The van der Waals surface area contributed by atoms with E-state index in [9.17, 15) is 14.0 Å². The SMILES string of the molecule is CC(C)CN1C(=O)c2ccccc2[C@H](C(=O)Nc2ccc(F)c(C#N)c2)[C@H]1c1cn[nH]c1. The molecule has 2 amide bonds. The molecule has 8 heteroatoms. The van der Waals surface area contributed by atoms with Crippen molar-refractivity contribution in [2.24, 2.45) is 5.92 Å². The Morgan fingerprint density at radius 1 is 1.31 bits per heavy atom. The number of carbonyl (C=O) groups excluding carboxylic acids is 2. The highest BCUT2D eigenvalue weighted by molar-refractivity contribution is 6.04. The van der Waals surface area contributed by atoms with Crippen LogP contribution in [0.15, 0.2) is 54.9 Å². The van der Waals surface area contributed by atoms with Gasteiger partial charge in [0, 0.05) is 29.6 Å². The summed E-state index contributed by atoms with van der Waals surface area (Å²) in [6.45, 7) is 4.48. The average molecular weight is 431 g/mol. The predicted molar refractivity (Wildman–Crippen MR) is 116 cm³/mol. The van der Waals surface area contributed by atoms with E-state index in [1.807, 2.05) is 13.8 Å². The van der Waals surface area contributed by atoms with E-state index in [2.05, 4.69) is 15.5 Å². The van der Waals surface area contributed by atoms with Crippen LogP contribution in [0.4, 0.5) is 10.1 Å². The third-order valence-corrected chi connectivity index (χ3v) is 5.50. The molecule has 7 nitrogen and oxygen atoms in total. The zero-order valence-electron chi connectivity index (χ0n) is 17.7. The number of nitrogens with zero attached hydrogens (tertiary/aromatic N) is 3. The van der Waals surface area contributed by atoms with Crippen LogP contribution in [-0.2, 0) is 4.79 Å². The van der Waals surface area contributed by atoms with Gasteiger partial charge in [0.1, 0.15) is 11.9 Å². The molecular formula is C24H22FN5O2. The first-order valence-corrected chi connectivity index (χ1v) is 10.3. The Kier molecular flexibility index (Phi) is 5.73. The molecule has 2 heterocycles. The van der Waals surface area contributed by atoms with Crippen molar-refractivity contribution in [2.45, 2.75) is 25.8 Å². The Labute approximate surface area is 184 Å². The minimum absolute atomic E-state index is 0.141. The molecule has 1 aliphatic heterocycles. The highest BCUT2D eigenvalue weighted by Gasteiger charge is 2.44. The van der Waals surface area contributed by atoms with Crippen molar-refractivity contribution in [3.63, 3.8) is 0 Å². The fourth-order valence-corrected chi connectivity index (χ4v) is 4.17. The van der Waals surface area contributed by atoms with E-state index in [0.717, 1.165) is 6.07 Å². The van der Waals surface area contributed by atoms with Gasteiger partial charge in [-0.1, -0.05) is 32.0 Å². The van der Waals surface area contributed by atoms with Gasteiger partial charge in [0.2, 0.25) is 5.91 Å². The molecule has 0 spiro atoms. The Bertz CT molecular complexity index is 1200. The molecule has 1 aromatic heterocycles. The van der Waals surface area contributed by atoms with Gasteiger partial charge >= 0.3 is 0 Å². The summed E-state index contributed by atoms with van der Waals surface area (Å²) < 4.78 is 13.7. The molecule has 0 saturated heterocycles. The number of aromatic nitrogens is 2. The van der Waals surface area contributed by atoms with Gasteiger partial charge in [-0.05, 0) is 35.7 Å². The summed E-state index contributed by atoms with van der Waals surface area (Å²) in [4.78, 5) is 28.7. The molecule has 2 atom stereocenters. The second-order valence-corrected chi connectivity index (χ2v) is 8.19. The van der Waals surface area contributed by atoms with Gasteiger partial charge < -0.3 is 10.2 Å². The van der Waals surface area contributed by atoms with E-state index in [1.54, 1.807) is 47.6 Å². The number of amides is 2. The molecule has 0 unspecified atom stereocenters. The minimum atomic E-state index is -0.726. The fraction of sp³-hybridized carbons (Fsp3) is 0.250. The van der Waals surface area contributed by atoms with E-state index in [1.165, 1.54) is 12.1 Å². The Morgan fingerprint density at radius 3 is 2.78 bits per heavy atom. The summed E-state index contributed by atoms with van der Waals surface area (Å²) in [5, 5.41) is 18.7. The van der Waals surface area contributed by atoms with Gasteiger partial charge in [-0.25, -0.2) is 4.39 Å². The first-order valence-electron chi connectivity index (χ1n) is 10.3. The van der Waals surface area contributed by atoms with Crippen molar-refractivity contribution >= 4 is 17.5 Å². The first-order chi connectivity index (χ1) is 15.4. The van der Waals surface area contributed by atoms with Crippen molar-refractivity contribution in [2.75, 3.05) is 11.9 Å². The first kappa shape index (κ1) is 21.2. The van der Waals surface area contributed by atoms with Crippen molar-refractivity contribution in [1.82, 2.24) is 15.1 Å². The average Bonchev–Trinajstić information content (AvgIpc) is 3.31. The van der Waals surface area contributed by atoms with E-state index in [0.29, 0.717) is 28.9 Å². The minimum Gasteiger partial charge on any atom is -0.330 e. The van der Waals surface area contributed by atoms with Gasteiger partial charge in [-0.2, -0.15) is 10.4 Å². The second kappa shape index (κ2) is 8.63. The number of nitrogens with one attached hydrogen (secondary N) is 2. The zero-order valence-corrected chi connectivity index (χ0v) is 17.7. The van der Waals surface area contributed by atoms with Crippen LogP contribution in [-0.4, -0.2) is 33.5 Å². The smallest absolute Gasteiger partial charge is 0.254 e. The number of halogens is 1. The van der Waals surface area contributed by atoms with Crippen LogP contribution in [0.1, 0.15) is 52.9 Å². The number of anilines is 1. The molecule has 162 valence electrons. The molecule has 4 rings (SSSR count). The summed E-state index contributed by atoms with van der Waals surface area (Å²) in [7, 11) is 0. The molecule has 0 saturated carbocycles. The summed E-state index contributed by atoms with van der Waals surface area (Å²) in [6.07, 6.45) is 3.30. The zero-order chi connectivity index (χ0) is 22.8. The molecule has 1 aliphatic rings. The second-order valence-electron chi connectivity index (χ2n) is 8.19. The van der Waals surface area contributed by atoms with Gasteiger partial charge in [0.15, 0.2) is 0 Å². The Hall–Kier alpha value is -3.99. The highest BCUT2D eigenvalue weighted by atomic mass is 19.1. The van der Waals surface area contributed by atoms with Gasteiger partial charge in [0.25, 0.3) is 5.91 Å². The van der Waals surface area contributed by atoms with Crippen LogP contribution in [0, 0.1) is 23.1 Å². The van der Waals surface area contributed by atoms with Crippen molar-refractivity contribution < 1.29 is 14.0 Å². The third kappa shape index (κ3) is 3.85. The van der Waals surface area contributed by atoms with Crippen LogP contribution in [0.3, 0.4) is 0 Å². The van der Waals surface area contributed by atoms with Crippen LogP contribution in [0.25, 0.3) is 0 Å². The summed E-state index contributed by atoms with van der Waals surface area (Å²) in [5.41, 5.74) is 1.96. The normalized spacial score (nSPS) is 17.7. The number of aromatic amines is 1. The van der Waals surface area contributed by atoms with Crippen LogP contribution < -0.4 is 5.32 Å². The lowest BCUT2D eigenvalue weighted by Crippen LogP contribution is -2.47. The number of hydrogen-bond acceptors (Lipinski definition) is 4. The number of fused-ring (bicyclic) bond motifs is 1. The Morgan fingerprint density at radius 2 is 2.09 bits per heavy atom. The van der Waals surface area contributed by atoms with Gasteiger partial charge in [-0.15, -0.1) is 0 Å². The summed E-state index contributed by atoms with van der Waals surface area (Å²) >= 11 is 0. The summed E-state index contributed by atoms with van der Waals surface area (Å²) in [6, 6.07) is 12.1. The van der Waals surface area contributed by atoms with Crippen molar-refractivity contribution in [1.29, 1.82) is 5.26 Å². The summed E-state index contributed by atoms with van der Waals surface area (Å²) in [5.74, 6) is -1.70. The van der Waals surface area contributed by atoms with Crippen LogP contribution in [0.2, 0.25) is 0 Å². The van der Waals surface area contributed by atoms with Gasteiger partial charge in [-0.3, -0.25) is 14.7 Å². The third-order valence-electron chi connectivity index (χ3n) is 5.50. The predicted octanol–water partition coefficient (Wildman–Crippen LogP) is 4.00. The maximum atomic E-state index is 13.7. The number of benzene rings is 2. The molecule has 3 aromatic rings. The monoisotopic (exact) mass is 431 g/mol. The van der Waals surface area contributed by atoms with E-state index >= 15 is 0 Å². The highest BCUT2D eigenvalue weighted by Crippen LogP contribution is 2.43. The standard InChI is InChI=1S/C24H22FN5O2/c1-14(2)13-30-22(16-11-27-28-12-16)21(18-5-3-4-6-19(18)24(30)32)23(31)29-17-7-8-20(25)15(9-17)10-26/h3-9,11-12,14,21-22H,13H2,1-2H3,(H,27,28)(H,29,31)/t21-,22+/m0/s1. The molecule has 2 aromatic carbocycles. The number of nitriles is 1. The topological polar surface area (TPSA) is 102 Å².